The zero-order valence-electron chi connectivity index (χ0n) is 17.2. The maximum Gasteiger partial charge on any atom is 0.340 e. The van der Waals surface area contributed by atoms with Crippen molar-refractivity contribution in [3.8, 4) is 33.7 Å². The summed E-state index contributed by atoms with van der Waals surface area (Å²) in [6.45, 7) is 0.336. The summed E-state index contributed by atoms with van der Waals surface area (Å²) in [5.41, 5.74) is 4.62. The van der Waals surface area contributed by atoms with Crippen molar-refractivity contribution < 1.29 is 23.2 Å². The molecule has 1 heterocycles. The highest BCUT2D eigenvalue weighted by atomic mass is 35.5. The molecule has 0 aliphatic carbocycles. The van der Waals surface area contributed by atoms with Crippen molar-refractivity contribution in [3.05, 3.63) is 89.7 Å². The first-order valence-electron chi connectivity index (χ1n) is 9.78. The number of carbonyl (C=O) groups is 1. The van der Waals surface area contributed by atoms with Gasteiger partial charge in [-0.3, -0.25) is 0 Å². The number of benzene rings is 3. The number of nitrogens with zero attached hydrogens (tertiary/aromatic N) is 1. The number of methoxy groups -OCH3 is 1. The van der Waals surface area contributed by atoms with E-state index in [2.05, 4.69) is 9.89 Å². The highest BCUT2D eigenvalue weighted by molar-refractivity contribution is 6.17. The minimum absolute atomic E-state index is 0.0814. The van der Waals surface area contributed by atoms with E-state index in [-0.39, 0.29) is 11.6 Å². The SMILES string of the molecule is COC(=O)c1ccc(-c2cc(-c3ccc(-c4ccccc4)c(COCCl)c3)on2)cc1F. The Balaban J connectivity index is 1.66. The predicted octanol–water partition coefficient (Wildman–Crippen LogP) is 6.31. The smallest absolute Gasteiger partial charge is 0.340 e. The van der Waals surface area contributed by atoms with Gasteiger partial charge in [-0.05, 0) is 34.9 Å². The lowest BCUT2D eigenvalue weighted by atomic mass is 9.97. The summed E-state index contributed by atoms with van der Waals surface area (Å²) in [4.78, 5) is 11.6. The van der Waals surface area contributed by atoms with Crippen LogP contribution in [0.15, 0.2) is 77.3 Å². The highest BCUT2D eigenvalue weighted by Gasteiger charge is 2.16. The van der Waals surface area contributed by atoms with Gasteiger partial charge in [0.25, 0.3) is 0 Å². The van der Waals surface area contributed by atoms with Crippen LogP contribution in [0.5, 0.6) is 0 Å². The number of alkyl halides is 1. The van der Waals surface area contributed by atoms with Gasteiger partial charge in [-0.15, -0.1) is 0 Å². The Hall–Kier alpha value is -3.48. The minimum atomic E-state index is -0.736. The average molecular weight is 452 g/mol. The van der Waals surface area contributed by atoms with Gasteiger partial charge in [0.2, 0.25) is 0 Å². The van der Waals surface area contributed by atoms with Gasteiger partial charge in [-0.25, -0.2) is 9.18 Å². The van der Waals surface area contributed by atoms with E-state index in [1.54, 1.807) is 12.1 Å². The molecule has 4 aromatic rings. The van der Waals surface area contributed by atoms with Crippen LogP contribution >= 0.6 is 11.6 Å². The summed E-state index contributed by atoms with van der Waals surface area (Å²) in [5, 5.41) is 4.06. The molecule has 0 saturated heterocycles. The molecule has 7 heteroatoms. The fourth-order valence-electron chi connectivity index (χ4n) is 3.41. The molecule has 0 aliphatic rings. The highest BCUT2D eigenvalue weighted by Crippen LogP contribution is 2.32. The lowest BCUT2D eigenvalue weighted by molar-refractivity contribution is 0.0595. The van der Waals surface area contributed by atoms with Crippen molar-refractivity contribution in [2.24, 2.45) is 0 Å². The molecule has 32 heavy (non-hydrogen) atoms. The third-order valence-corrected chi connectivity index (χ3v) is 5.14. The number of hydrogen-bond acceptors (Lipinski definition) is 5. The number of hydrogen-bond donors (Lipinski definition) is 0. The number of aromatic nitrogens is 1. The van der Waals surface area contributed by atoms with Crippen molar-refractivity contribution in [1.29, 1.82) is 0 Å². The van der Waals surface area contributed by atoms with E-state index < -0.39 is 11.8 Å². The molecule has 3 aromatic carbocycles. The first-order valence-corrected chi connectivity index (χ1v) is 10.3. The summed E-state index contributed by atoms with van der Waals surface area (Å²) in [7, 11) is 1.20. The van der Waals surface area contributed by atoms with Crippen LogP contribution in [0.1, 0.15) is 15.9 Å². The van der Waals surface area contributed by atoms with E-state index >= 15 is 0 Å². The van der Waals surface area contributed by atoms with Gasteiger partial charge in [-0.1, -0.05) is 65.3 Å². The molecular formula is C25H19ClFNO4. The molecule has 0 aliphatic heterocycles. The first-order chi connectivity index (χ1) is 15.6. The predicted molar refractivity (Wildman–Crippen MR) is 120 cm³/mol. The van der Waals surface area contributed by atoms with Crippen molar-refractivity contribution in [1.82, 2.24) is 5.16 Å². The summed E-state index contributed by atoms with van der Waals surface area (Å²) in [6.07, 6.45) is 0. The Labute approximate surface area is 189 Å². The zero-order valence-corrected chi connectivity index (χ0v) is 17.9. The Morgan fingerprint density at radius 1 is 1.00 bits per heavy atom. The second-order valence-corrected chi connectivity index (χ2v) is 7.18. The Morgan fingerprint density at radius 2 is 1.78 bits per heavy atom. The Kier molecular flexibility index (Phi) is 6.63. The Morgan fingerprint density at radius 3 is 2.50 bits per heavy atom. The van der Waals surface area contributed by atoms with Crippen LogP contribution < -0.4 is 0 Å². The molecule has 0 saturated carbocycles. The molecule has 0 amide bonds. The molecule has 0 N–H and O–H groups in total. The molecule has 0 radical (unpaired) electrons. The second-order valence-electron chi connectivity index (χ2n) is 6.96. The lowest BCUT2D eigenvalue weighted by Gasteiger charge is -2.11. The molecule has 0 unspecified atom stereocenters. The first kappa shape index (κ1) is 21.7. The van der Waals surface area contributed by atoms with E-state index in [9.17, 15) is 9.18 Å². The van der Waals surface area contributed by atoms with Gasteiger partial charge in [0.1, 0.15) is 17.6 Å². The maximum atomic E-state index is 14.3. The number of rotatable bonds is 7. The summed E-state index contributed by atoms with van der Waals surface area (Å²) < 4.78 is 29.8. The quantitative estimate of drug-likeness (QED) is 0.243. The standard InChI is InChI=1S/C25H19ClFNO4/c1-30-25(29)21-10-7-17(12-22(21)27)23-13-24(32-28-23)18-8-9-20(16-5-3-2-4-6-16)19(11-18)14-31-15-26/h2-13H,14-15H2,1H3. The van der Waals surface area contributed by atoms with E-state index in [1.165, 1.54) is 19.2 Å². The van der Waals surface area contributed by atoms with Gasteiger partial charge in [0.15, 0.2) is 5.76 Å². The van der Waals surface area contributed by atoms with E-state index in [0.29, 0.717) is 23.6 Å². The van der Waals surface area contributed by atoms with Crippen molar-refractivity contribution in [3.63, 3.8) is 0 Å². The largest absolute Gasteiger partial charge is 0.465 e. The van der Waals surface area contributed by atoms with Crippen LogP contribution in [0.2, 0.25) is 0 Å². The van der Waals surface area contributed by atoms with Gasteiger partial charge < -0.3 is 14.0 Å². The van der Waals surface area contributed by atoms with Crippen LogP contribution in [-0.2, 0) is 16.1 Å². The van der Waals surface area contributed by atoms with Crippen molar-refractivity contribution >= 4 is 17.6 Å². The van der Waals surface area contributed by atoms with Crippen LogP contribution in [0.4, 0.5) is 4.39 Å². The summed E-state index contributed by atoms with van der Waals surface area (Å²) >= 11 is 5.72. The number of carbonyl (C=O) groups excluding carboxylic acids is 1. The molecule has 5 nitrogen and oxygen atoms in total. The fourth-order valence-corrected chi connectivity index (χ4v) is 3.49. The molecular weight excluding hydrogens is 433 g/mol. The molecule has 0 spiro atoms. The molecule has 162 valence electrons. The summed E-state index contributed by atoms with van der Waals surface area (Å²) in [6, 6.07) is 21.8. The van der Waals surface area contributed by atoms with Crippen molar-refractivity contribution in [2.45, 2.75) is 6.61 Å². The monoisotopic (exact) mass is 451 g/mol. The lowest BCUT2D eigenvalue weighted by Crippen LogP contribution is -2.04. The molecule has 0 bridgehead atoms. The van der Waals surface area contributed by atoms with Crippen LogP contribution in [0.3, 0.4) is 0 Å². The van der Waals surface area contributed by atoms with E-state index in [1.807, 2.05) is 48.5 Å². The third kappa shape index (κ3) is 4.56. The van der Waals surface area contributed by atoms with Crippen LogP contribution in [0, 0.1) is 5.82 Å². The van der Waals surface area contributed by atoms with E-state index in [0.717, 1.165) is 22.3 Å². The van der Waals surface area contributed by atoms with Crippen LogP contribution in [-0.4, -0.2) is 24.3 Å². The van der Waals surface area contributed by atoms with E-state index in [4.69, 9.17) is 20.9 Å². The van der Waals surface area contributed by atoms with Crippen LogP contribution in [0.25, 0.3) is 33.7 Å². The second kappa shape index (κ2) is 9.77. The fraction of sp³-hybridized carbons (Fsp3) is 0.120. The van der Waals surface area contributed by atoms with Crippen molar-refractivity contribution in [2.75, 3.05) is 13.2 Å². The molecule has 1 aromatic heterocycles. The van der Waals surface area contributed by atoms with Gasteiger partial charge in [0, 0.05) is 17.2 Å². The topological polar surface area (TPSA) is 61.6 Å². The molecule has 4 rings (SSSR count). The maximum absolute atomic E-state index is 14.3. The van der Waals surface area contributed by atoms with Gasteiger partial charge in [0.05, 0.1) is 19.3 Å². The van der Waals surface area contributed by atoms with Gasteiger partial charge in [-0.2, -0.15) is 0 Å². The average Bonchev–Trinajstić information content (AvgIpc) is 3.33. The minimum Gasteiger partial charge on any atom is -0.465 e. The normalized spacial score (nSPS) is 10.8. The zero-order chi connectivity index (χ0) is 22.5. The number of ether oxygens (including phenoxy) is 2. The Bertz CT molecular complexity index is 1240. The van der Waals surface area contributed by atoms with Gasteiger partial charge >= 0.3 is 5.97 Å². The molecule has 0 fully saturated rings. The number of esters is 1. The third-order valence-electron chi connectivity index (χ3n) is 4.99. The summed E-state index contributed by atoms with van der Waals surface area (Å²) in [5.74, 6) is -0.907. The number of halogens is 2. The molecule has 0 atom stereocenters.